The van der Waals surface area contributed by atoms with Gasteiger partial charge in [-0.05, 0) is 72.3 Å². The Morgan fingerprint density at radius 2 is 1.12 bits per heavy atom. The van der Waals surface area contributed by atoms with Crippen molar-refractivity contribution in [2.24, 2.45) is 5.10 Å². The average Bonchev–Trinajstić information content (AvgIpc) is 3.52. The molecule has 0 aliphatic carbocycles. The molecular formula is C32H30N8O3. The Bertz CT molecular complexity index is 1660. The van der Waals surface area contributed by atoms with Crippen LogP contribution in [0.15, 0.2) is 102 Å². The number of hydrazone groups is 1. The van der Waals surface area contributed by atoms with Gasteiger partial charge in [-0.15, -0.1) is 0 Å². The monoisotopic (exact) mass is 574 g/mol. The molecule has 5 N–H and O–H groups in total. The van der Waals surface area contributed by atoms with Crippen molar-refractivity contribution in [3.05, 3.63) is 108 Å². The number of para-hydroxylation sites is 1. The van der Waals surface area contributed by atoms with Crippen molar-refractivity contribution in [3.63, 3.8) is 0 Å². The Morgan fingerprint density at radius 3 is 1.58 bits per heavy atom. The molecule has 11 heteroatoms. The number of ether oxygens (including phenoxy) is 2. The summed E-state index contributed by atoms with van der Waals surface area (Å²) < 4.78 is 10.5. The standard InChI is InChI=1S/C32H30N8O3/c1-42-24-15-11-22(12-16-24)34-31-36-30(37-32(38-31)35-23-13-17-25(43-2)18-14-23)33-21-9-7-20(8-10-21)27-19-28(40-39-27)26-5-3-4-6-29(26)41/h3-18,28,40-41H,19H2,1-2H3,(H3,33,34,35,36,37,38). The predicted molar refractivity (Wildman–Crippen MR) is 167 cm³/mol. The van der Waals surface area contributed by atoms with Crippen LogP contribution in [0.4, 0.5) is 34.9 Å². The maximum absolute atomic E-state index is 10.2. The van der Waals surface area contributed by atoms with E-state index in [0.29, 0.717) is 24.3 Å². The summed E-state index contributed by atoms with van der Waals surface area (Å²) in [7, 11) is 3.25. The van der Waals surface area contributed by atoms with Gasteiger partial charge in [0.25, 0.3) is 0 Å². The molecule has 43 heavy (non-hydrogen) atoms. The number of methoxy groups -OCH3 is 2. The van der Waals surface area contributed by atoms with Crippen LogP contribution in [-0.4, -0.2) is 40.0 Å². The Balaban J connectivity index is 1.20. The number of benzene rings is 4. The van der Waals surface area contributed by atoms with Gasteiger partial charge in [-0.25, -0.2) is 0 Å². The average molecular weight is 575 g/mol. The zero-order chi connectivity index (χ0) is 29.6. The molecule has 0 saturated carbocycles. The van der Waals surface area contributed by atoms with Crippen molar-refractivity contribution in [2.45, 2.75) is 12.5 Å². The van der Waals surface area contributed by atoms with E-state index in [0.717, 1.165) is 45.4 Å². The number of aromatic hydroxyl groups is 1. The summed E-state index contributed by atoms with van der Waals surface area (Å²) in [4.78, 5) is 13.8. The second-order valence-electron chi connectivity index (χ2n) is 9.72. The Kier molecular flexibility index (Phi) is 7.85. The molecule has 5 aromatic rings. The third kappa shape index (κ3) is 6.57. The molecule has 1 unspecified atom stereocenters. The van der Waals surface area contributed by atoms with Gasteiger partial charge in [0.1, 0.15) is 17.2 Å². The van der Waals surface area contributed by atoms with Crippen LogP contribution in [0.2, 0.25) is 0 Å². The molecule has 2 heterocycles. The van der Waals surface area contributed by atoms with Crippen molar-refractivity contribution >= 4 is 40.6 Å². The molecule has 216 valence electrons. The van der Waals surface area contributed by atoms with Gasteiger partial charge >= 0.3 is 0 Å². The van der Waals surface area contributed by atoms with Crippen molar-refractivity contribution in [1.29, 1.82) is 0 Å². The van der Waals surface area contributed by atoms with Crippen molar-refractivity contribution in [1.82, 2.24) is 20.4 Å². The molecule has 0 spiro atoms. The third-order valence-electron chi connectivity index (χ3n) is 6.87. The fourth-order valence-corrected chi connectivity index (χ4v) is 4.61. The number of aromatic nitrogens is 3. The molecule has 0 saturated heterocycles. The van der Waals surface area contributed by atoms with Gasteiger partial charge in [-0.2, -0.15) is 20.1 Å². The largest absolute Gasteiger partial charge is 0.508 e. The molecule has 0 fully saturated rings. The minimum absolute atomic E-state index is 0.0764. The summed E-state index contributed by atoms with van der Waals surface area (Å²) in [6.45, 7) is 0. The van der Waals surface area contributed by atoms with E-state index >= 15 is 0 Å². The van der Waals surface area contributed by atoms with Crippen molar-refractivity contribution < 1.29 is 14.6 Å². The van der Waals surface area contributed by atoms with Gasteiger partial charge in [0.2, 0.25) is 17.8 Å². The van der Waals surface area contributed by atoms with Crippen LogP contribution in [0, 0.1) is 0 Å². The fraction of sp³-hybridized carbons (Fsp3) is 0.125. The highest BCUT2D eigenvalue weighted by Gasteiger charge is 2.23. The van der Waals surface area contributed by atoms with Crippen LogP contribution in [0.5, 0.6) is 17.2 Å². The number of nitrogens with one attached hydrogen (secondary N) is 4. The smallest absolute Gasteiger partial charge is 0.233 e. The Labute approximate surface area is 248 Å². The molecule has 11 nitrogen and oxygen atoms in total. The van der Waals surface area contributed by atoms with E-state index in [1.807, 2.05) is 91.0 Å². The summed E-state index contributed by atoms with van der Waals surface area (Å²) in [6.07, 6.45) is 0.665. The van der Waals surface area contributed by atoms with Gasteiger partial charge in [-0.3, -0.25) is 0 Å². The molecule has 1 aromatic heterocycles. The van der Waals surface area contributed by atoms with Crippen LogP contribution < -0.4 is 30.8 Å². The van der Waals surface area contributed by atoms with Gasteiger partial charge in [0.05, 0.1) is 26.0 Å². The molecule has 0 radical (unpaired) electrons. The van der Waals surface area contributed by atoms with Gasteiger partial charge in [-0.1, -0.05) is 30.3 Å². The number of hydrogen-bond donors (Lipinski definition) is 5. The lowest BCUT2D eigenvalue weighted by molar-refractivity contribution is 0.415. The van der Waals surface area contributed by atoms with E-state index in [-0.39, 0.29) is 11.8 Å². The summed E-state index contributed by atoms with van der Waals surface area (Å²) in [6, 6.07) is 30.1. The van der Waals surface area contributed by atoms with E-state index in [1.54, 1.807) is 20.3 Å². The predicted octanol–water partition coefficient (Wildman–Crippen LogP) is 6.26. The highest BCUT2D eigenvalue weighted by molar-refractivity contribution is 6.02. The van der Waals surface area contributed by atoms with Crippen molar-refractivity contribution in [3.8, 4) is 17.2 Å². The first-order valence-electron chi connectivity index (χ1n) is 13.6. The Hall–Kier alpha value is -5.84. The van der Waals surface area contributed by atoms with Gasteiger partial charge < -0.3 is 36.0 Å². The molecule has 4 aromatic carbocycles. The van der Waals surface area contributed by atoms with Crippen LogP contribution in [0.3, 0.4) is 0 Å². The molecule has 1 aliphatic heterocycles. The third-order valence-corrected chi connectivity index (χ3v) is 6.87. The minimum Gasteiger partial charge on any atom is -0.508 e. The highest BCUT2D eigenvalue weighted by atomic mass is 16.5. The second kappa shape index (κ2) is 12.4. The molecule has 1 atom stereocenters. The van der Waals surface area contributed by atoms with E-state index < -0.39 is 0 Å². The second-order valence-corrected chi connectivity index (χ2v) is 9.72. The number of rotatable bonds is 10. The lowest BCUT2D eigenvalue weighted by Gasteiger charge is -2.13. The lowest BCUT2D eigenvalue weighted by Crippen LogP contribution is -2.10. The first-order valence-corrected chi connectivity index (χ1v) is 13.6. The lowest BCUT2D eigenvalue weighted by atomic mass is 9.98. The van der Waals surface area contributed by atoms with Crippen LogP contribution in [-0.2, 0) is 0 Å². The van der Waals surface area contributed by atoms with Crippen molar-refractivity contribution in [2.75, 3.05) is 30.2 Å². The molecular weight excluding hydrogens is 544 g/mol. The number of anilines is 6. The number of nitrogens with zero attached hydrogens (tertiary/aromatic N) is 4. The summed E-state index contributed by atoms with van der Waals surface area (Å²) in [5.74, 6) is 2.84. The first-order chi connectivity index (χ1) is 21.1. The van der Waals surface area contributed by atoms with E-state index in [2.05, 4.69) is 41.4 Å². The van der Waals surface area contributed by atoms with Crippen LogP contribution >= 0.6 is 0 Å². The van der Waals surface area contributed by atoms with E-state index in [1.165, 1.54) is 0 Å². The maximum atomic E-state index is 10.2. The van der Waals surface area contributed by atoms with Crippen LogP contribution in [0.1, 0.15) is 23.6 Å². The number of hydrogen-bond acceptors (Lipinski definition) is 11. The highest BCUT2D eigenvalue weighted by Crippen LogP contribution is 2.31. The SMILES string of the molecule is COc1ccc(Nc2nc(Nc3ccc(OC)cc3)nc(Nc3ccc(C4=NNC(c5ccccc5O)C4)cc3)n2)cc1. The maximum Gasteiger partial charge on any atom is 0.233 e. The van der Waals surface area contributed by atoms with Crippen LogP contribution in [0.25, 0.3) is 0 Å². The molecule has 0 amide bonds. The summed E-state index contributed by atoms with van der Waals surface area (Å²) in [5.41, 5.74) is 8.25. The number of phenolic OH excluding ortho intramolecular Hbond substituents is 1. The fourth-order valence-electron chi connectivity index (χ4n) is 4.61. The van der Waals surface area contributed by atoms with Gasteiger partial charge in [0.15, 0.2) is 0 Å². The molecule has 1 aliphatic rings. The minimum atomic E-state index is -0.0764. The molecule has 6 rings (SSSR count). The summed E-state index contributed by atoms with van der Waals surface area (Å²) in [5, 5.41) is 24.5. The zero-order valence-electron chi connectivity index (χ0n) is 23.6. The Morgan fingerprint density at radius 1 is 0.651 bits per heavy atom. The topological polar surface area (TPSA) is 138 Å². The van der Waals surface area contributed by atoms with Gasteiger partial charge in [0, 0.05) is 29.0 Å². The van der Waals surface area contributed by atoms with E-state index in [4.69, 9.17) is 9.47 Å². The van der Waals surface area contributed by atoms with E-state index in [9.17, 15) is 5.11 Å². The normalized spacial score (nSPS) is 13.9. The zero-order valence-corrected chi connectivity index (χ0v) is 23.6. The molecule has 0 bridgehead atoms. The first kappa shape index (κ1) is 27.3. The quantitative estimate of drug-likeness (QED) is 0.130. The summed E-state index contributed by atoms with van der Waals surface area (Å²) >= 11 is 0. The number of phenols is 1.